The number of hydrogen-bond donors (Lipinski definition) is 1. The second-order valence-electron chi connectivity index (χ2n) is 4.13. The molecular weight excluding hydrogens is 186 g/mol. The predicted molar refractivity (Wildman–Crippen MR) is 63.1 cm³/mol. The molecule has 1 aromatic heterocycles. The predicted octanol–water partition coefficient (Wildman–Crippen LogP) is 3.57. The van der Waals surface area contributed by atoms with Gasteiger partial charge in [-0.15, -0.1) is 0 Å². The van der Waals surface area contributed by atoms with E-state index in [9.17, 15) is 0 Å². The van der Waals surface area contributed by atoms with E-state index in [1.807, 2.05) is 12.1 Å². The summed E-state index contributed by atoms with van der Waals surface area (Å²) < 4.78 is 5.74. The second kappa shape index (κ2) is 2.89. The number of nitrogens with one attached hydrogen (secondary N) is 1. The van der Waals surface area contributed by atoms with Crippen molar-refractivity contribution >= 4 is 22.7 Å². The summed E-state index contributed by atoms with van der Waals surface area (Å²) in [5.74, 6) is 0.939. The van der Waals surface area contributed by atoms with Gasteiger partial charge in [0.15, 0.2) is 5.76 Å². The van der Waals surface area contributed by atoms with Gasteiger partial charge in [0.25, 0.3) is 0 Å². The number of aryl methyl sites for hydroxylation is 1. The van der Waals surface area contributed by atoms with Crippen molar-refractivity contribution in [3.05, 3.63) is 35.6 Å². The molecule has 0 bridgehead atoms. The number of anilines is 1. The molecule has 1 atom stereocenters. The molecule has 1 N–H and O–H groups in total. The maximum absolute atomic E-state index is 5.74. The smallest absolute Gasteiger partial charge is 0.151 e. The van der Waals surface area contributed by atoms with Crippen LogP contribution < -0.4 is 5.32 Å². The van der Waals surface area contributed by atoms with E-state index in [4.69, 9.17) is 4.42 Å². The molecule has 76 valence electrons. The summed E-state index contributed by atoms with van der Waals surface area (Å²) in [5, 5.41) is 4.61. The Balaban J connectivity index is 2.31. The van der Waals surface area contributed by atoms with Gasteiger partial charge in [-0.2, -0.15) is 0 Å². The highest BCUT2D eigenvalue weighted by Crippen LogP contribution is 2.35. The SMILES string of the molecule is Cc1ccc2oc3c(c2c1)NC(C)C=C3. The summed E-state index contributed by atoms with van der Waals surface area (Å²) in [4.78, 5) is 0. The van der Waals surface area contributed by atoms with Crippen LogP contribution in [0.25, 0.3) is 17.0 Å². The highest BCUT2D eigenvalue weighted by molar-refractivity contribution is 5.96. The minimum absolute atomic E-state index is 0.374. The molecule has 2 nitrogen and oxygen atoms in total. The molecule has 0 radical (unpaired) electrons. The van der Waals surface area contributed by atoms with E-state index in [2.05, 4.69) is 37.4 Å². The third-order valence-electron chi connectivity index (χ3n) is 2.78. The molecule has 0 aliphatic carbocycles. The van der Waals surface area contributed by atoms with Crippen molar-refractivity contribution in [1.29, 1.82) is 0 Å². The zero-order chi connectivity index (χ0) is 10.4. The van der Waals surface area contributed by atoms with E-state index in [1.54, 1.807) is 0 Å². The maximum Gasteiger partial charge on any atom is 0.151 e. The van der Waals surface area contributed by atoms with Crippen molar-refractivity contribution < 1.29 is 4.42 Å². The van der Waals surface area contributed by atoms with Gasteiger partial charge < -0.3 is 9.73 Å². The highest BCUT2D eigenvalue weighted by Gasteiger charge is 2.16. The van der Waals surface area contributed by atoms with Crippen molar-refractivity contribution in [3.8, 4) is 0 Å². The third kappa shape index (κ3) is 1.25. The van der Waals surface area contributed by atoms with Crippen LogP contribution in [0.1, 0.15) is 18.2 Å². The Morgan fingerprint density at radius 3 is 3.07 bits per heavy atom. The van der Waals surface area contributed by atoms with Gasteiger partial charge in [-0.25, -0.2) is 0 Å². The summed E-state index contributed by atoms with van der Waals surface area (Å²) in [6.07, 6.45) is 4.16. The van der Waals surface area contributed by atoms with Crippen LogP contribution in [0.15, 0.2) is 28.7 Å². The Labute approximate surface area is 88.6 Å². The fourth-order valence-corrected chi connectivity index (χ4v) is 2.00. The maximum atomic E-state index is 5.74. The lowest BCUT2D eigenvalue weighted by Gasteiger charge is -2.14. The minimum atomic E-state index is 0.374. The summed E-state index contributed by atoms with van der Waals surface area (Å²) in [6.45, 7) is 4.23. The molecule has 0 saturated heterocycles. The van der Waals surface area contributed by atoms with Crippen LogP contribution in [-0.2, 0) is 0 Å². The third-order valence-corrected chi connectivity index (χ3v) is 2.78. The largest absolute Gasteiger partial charge is 0.454 e. The molecule has 2 heterocycles. The van der Waals surface area contributed by atoms with Crippen LogP contribution in [0.3, 0.4) is 0 Å². The Kier molecular flexibility index (Phi) is 1.66. The highest BCUT2D eigenvalue weighted by atomic mass is 16.3. The zero-order valence-corrected chi connectivity index (χ0v) is 8.87. The summed E-state index contributed by atoms with van der Waals surface area (Å²) in [5.41, 5.74) is 3.34. The first-order chi connectivity index (χ1) is 7.24. The van der Waals surface area contributed by atoms with Crippen molar-refractivity contribution in [2.45, 2.75) is 19.9 Å². The standard InChI is InChI=1S/C13H13NO/c1-8-3-5-11-10(7-8)13-12(15-11)6-4-9(2)14-13/h3-7,9,14H,1-2H3. The minimum Gasteiger partial charge on any atom is -0.454 e. The molecule has 1 aromatic carbocycles. The van der Waals surface area contributed by atoms with Crippen LogP contribution in [0.4, 0.5) is 5.69 Å². The van der Waals surface area contributed by atoms with Crippen molar-refractivity contribution in [2.24, 2.45) is 0 Å². The van der Waals surface area contributed by atoms with Crippen LogP contribution in [-0.4, -0.2) is 6.04 Å². The van der Waals surface area contributed by atoms with Crippen LogP contribution in [0.5, 0.6) is 0 Å². The lowest BCUT2D eigenvalue weighted by Crippen LogP contribution is -2.14. The number of furan rings is 1. The van der Waals surface area contributed by atoms with Gasteiger partial charge in [0.2, 0.25) is 0 Å². The lowest BCUT2D eigenvalue weighted by molar-refractivity contribution is 0.602. The lowest BCUT2D eigenvalue weighted by atomic mass is 10.1. The first kappa shape index (κ1) is 8.60. The summed E-state index contributed by atoms with van der Waals surface area (Å²) in [6, 6.07) is 6.64. The fraction of sp³-hybridized carbons (Fsp3) is 0.231. The van der Waals surface area contributed by atoms with Gasteiger partial charge in [0.1, 0.15) is 5.58 Å². The van der Waals surface area contributed by atoms with Crippen LogP contribution in [0, 0.1) is 6.92 Å². The number of rotatable bonds is 0. The molecule has 1 unspecified atom stereocenters. The van der Waals surface area contributed by atoms with E-state index in [0.717, 1.165) is 17.0 Å². The Hall–Kier alpha value is -1.70. The number of benzene rings is 1. The van der Waals surface area contributed by atoms with E-state index in [0.29, 0.717) is 6.04 Å². The molecule has 0 saturated carbocycles. The number of hydrogen-bond acceptors (Lipinski definition) is 2. The first-order valence-electron chi connectivity index (χ1n) is 5.22. The molecule has 15 heavy (non-hydrogen) atoms. The van der Waals surface area contributed by atoms with Crippen molar-refractivity contribution in [1.82, 2.24) is 0 Å². The molecule has 2 heteroatoms. The Morgan fingerprint density at radius 1 is 1.33 bits per heavy atom. The topological polar surface area (TPSA) is 25.2 Å². The number of fused-ring (bicyclic) bond motifs is 3. The Morgan fingerprint density at radius 2 is 2.20 bits per heavy atom. The molecule has 1 aliphatic rings. The van der Waals surface area contributed by atoms with Gasteiger partial charge in [-0.1, -0.05) is 17.7 Å². The summed E-state index contributed by atoms with van der Waals surface area (Å²) >= 11 is 0. The normalized spacial score (nSPS) is 18.9. The monoisotopic (exact) mass is 199 g/mol. The fourth-order valence-electron chi connectivity index (χ4n) is 2.00. The quantitative estimate of drug-likeness (QED) is 0.701. The zero-order valence-electron chi connectivity index (χ0n) is 8.87. The molecule has 0 amide bonds. The molecule has 1 aliphatic heterocycles. The Bertz CT molecular complexity index is 551. The summed E-state index contributed by atoms with van der Waals surface area (Å²) in [7, 11) is 0. The second-order valence-corrected chi connectivity index (χ2v) is 4.13. The van der Waals surface area contributed by atoms with Crippen LogP contribution >= 0.6 is 0 Å². The van der Waals surface area contributed by atoms with E-state index in [1.165, 1.54) is 10.9 Å². The average molecular weight is 199 g/mol. The first-order valence-corrected chi connectivity index (χ1v) is 5.22. The van der Waals surface area contributed by atoms with Gasteiger partial charge in [0.05, 0.1) is 5.69 Å². The molecule has 0 fully saturated rings. The molecule has 0 spiro atoms. The molecule has 2 aromatic rings. The van der Waals surface area contributed by atoms with E-state index >= 15 is 0 Å². The van der Waals surface area contributed by atoms with Gasteiger partial charge >= 0.3 is 0 Å². The van der Waals surface area contributed by atoms with Crippen molar-refractivity contribution in [3.63, 3.8) is 0 Å². The van der Waals surface area contributed by atoms with Gasteiger partial charge in [-0.05, 0) is 32.1 Å². The van der Waals surface area contributed by atoms with E-state index < -0.39 is 0 Å². The average Bonchev–Trinajstić information content (AvgIpc) is 2.56. The van der Waals surface area contributed by atoms with Gasteiger partial charge in [-0.3, -0.25) is 0 Å². The molecule has 3 rings (SSSR count). The van der Waals surface area contributed by atoms with Crippen LogP contribution in [0.2, 0.25) is 0 Å². The van der Waals surface area contributed by atoms with Crippen molar-refractivity contribution in [2.75, 3.05) is 5.32 Å². The van der Waals surface area contributed by atoms with E-state index in [-0.39, 0.29) is 0 Å². The van der Waals surface area contributed by atoms with Gasteiger partial charge in [0, 0.05) is 11.4 Å². The molecular formula is C13H13NO.